The van der Waals surface area contributed by atoms with Gasteiger partial charge in [-0.2, -0.15) is 0 Å². The Morgan fingerprint density at radius 3 is 2.55 bits per heavy atom. The van der Waals surface area contributed by atoms with E-state index < -0.39 is 0 Å². The van der Waals surface area contributed by atoms with E-state index in [0.717, 1.165) is 26.1 Å². The lowest BCUT2D eigenvalue weighted by Crippen LogP contribution is -2.39. The SMILES string of the molecule is CN(C)CCN(Cc1ccccc1)C(=O)CC1CCCN1.Cl. The number of benzene rings is 1. The van der Waals surface area contributed by atoms with Crippen molar-refractivity contribution in [2.75, 3.05) is 33.7 Å². The summed E-state index contributed by atoms with van der Waals surface area (Å²) in [5.41, 5.74) is 1.20. The zero-order valence-electron chi connectivity index (χ0n) is 13.6. The number of carbonyl (C=O) groups excluding carboxylic acids is 1. The lowest BCUT2D eigenvalue weighted by Gasteiger charge is -2.26. The fraction of sp³-hybridized carbons (Fsp3) is 0.588. The van der Waals surface area contributed by atoms with E-state index >= 15 is 0 Å². The summed E-state index contributed by atoms with van der Waals surface area (Å²) in [5.74, 6) is 0.264. The first-order valence-corrected chi connectivity index (χ1v) is 7.85. The van der Waals surface area contributed by atoms with Gasteiger partial charge < -0.3 is 15.1 Å². The fourth-order valence-corrected chi connectivity index (χ4v) is 2.69. The summed E-state index contributed by atoms with van der Waals surface area (Å²) in [6.07, 6.45) is 2.94. The molecule has 1 amide bonds. The molecule has 124 valence electrons. The van der Waals surface area contributed by atoms with Gasteiger partial charge in [-0.15, -0.1) is 12.4 Å². The summed E-state index contributed by atoms with van der Waals surface area (Å²) >= 11 is 0. The third kappa shape index (κ3) is 6.34. The molecule has 0 aromatic heterocycles. The third-order valence-corrected chi connectivity index (χ3v) is 3.97. The first-order chi connectivity index (χ1) is 10.1. The van der Waals surface area contributed by atoms with Gasteiger partial charge in [-0.1, -0.05) is 30.3 Å². The van der Waals surface area contributed by atoms with Crippen LogP contribution < -0.4 is 5.32 Å². The van der Waals surface area contributed by atoms with Gasteiger partial charge in [0.15, 0.2) is 0 Å². The highest BCUT2D eigenvalue weighted by Gasteiger charge is 2.21. The lowest BCUT2D eigenvalue weighted by molar-refractivity contribution is -0.132. The van der Waals surface area contributed by atoms with Crippen molar-refractivity contribution >= 4 is 18.3 Å². The second-order valence-electron chi connectivity index (χ2n) is 6.10. The van der Waals surface area contributed by atoms with Gasteiger partial charge in [0.2, 0.25) is 5.91 Å². The number of carbonyl (C=O) groups is 1. The average molecular weight is 326 g/mol. The molecule has 1 unspecified atom stereocenters. The Hall–Kier alpha value is -1.10. The molecule has 2 rings (SSSR count). The van der Waals surface area contributed by atoms with Crippen molar-refractivity contribution in [3.8, 4) is 0 Å². The van der Waals surface area contributed by atoms with Gasteiger partial charge in [0.25, 0.3) is 0 Å². The molecule has 4 nitrogen and oxygen atoms in total. The second kappa shape index (κ2) is 9.82. The van der Waals surface area contributed by atoms with Gasteiger partial charge in [0, 0.05) is 32.1 Å². The molecule has 1 aliphatic rings. The van der Waals surface area contributed by atoms with Gasteiger partial charge in [-0.25, -0.2) is 0 Å². The van der Waals surface area contributed by atoms with Crippen molar-refractivity contribution in [1.82, 2.24) is 15.1 Å². The molecule has 1 aromatic carbocycles. The average Bonchev–Trinajstić information content (AvgIpc) is 2.97. The minimum atomic E-state index is 0. The number of hydrogen-bond acceptors (Lipinski definition) is 3. The van der Waals surface area contributed by atoms with E-state index in [9.17, 15) is 4.79 Å². The van der Waals surface area contributed by atoms with E-state index in [2.05, 4.69) is 22.3 Å². The number of hydrogen-bond donors (Lipinski definition) is 1. The molecule has 1 atom stereocenters. The molecule has 0 saturated carbocycles. The van der Waals surface area contributed by atoms with Crippen LogP contribution in [0.3, 0.4) is 0 Å². The third-order valence-electron chi connectivity index (χ3n) is 3.97. The molecular formula is C17H28ClN3O. The molecule has 0 aliphatic carbocycles. The number of nitrogens with zero attached hydrogens (tertiary/aromatic N) is 2. The van der Waals surface area contributed by atoms with Crippen LogP contribution in [-0.4, -0.2) is 55.5 Å². The first kappa shape index (κ1) is 18.9. The fourth-order valence-electron chi connectivity index (χ4n) is 2.69. The molecule has 1 N–H and O–H groups in total. The number of likely N-dealkylation sites (N-methyl/N-ethyl adjacent to an activating group) is 1. The second-order valence-corrected chi connectivity index (χ2v) is 6.10. The molecular weight excluding hydrogens is 298 g/mol. The lowest BCUT2D eigenvalue weighted by atomic mass is 10.1. The predicted octanol–water partition coefficient (Wildman–Crippen LogP) is 2.14. The number of rotatable bonds is 7. The van der Waals surface area contributed by atoms with Crippen LogP contribution in [0.5, 0.6) is 0 Å². The molecule has 1 saturated heterocycles. The van der Waals surface area contributed by atoms with Gasteiger partial charge >= 0.3 is 0 Å². The summed E-state index contributed by atoms with van der Waals surface area (Å²) < 4.78 is 0. The van der Waals surface area contributed by atoms with Gasteiger partial charge in [0.1, 0.15) is 0 Å². The minimum absolute atomic E-state index is 0. The predicted molar refractivity (Wildman–Crippen MR) is 93.3 cm³/mol. The van der Waals surface area contributed by atoms with Crippen LogP contribution in [0.4, 0.5) is 0 Å². The minimum Gasteiger partial charge on any atom is -0.337 e. The first-order valence-electron chi connectivity index (χ1n) is 7.85. The molecule has 5 heteroatoms. The van der Waals surface area contributed by atoms with E-state index in [1.807, 2.05) is 37.2 Å². The van der Waals surface area contributed by atoms with Crippen LogP contribution in [0.1, 0.15) is 24.8 Å². The van der Waals surface area contributed by atoms with Crippen LogP contribution in [0.2, 0.25) is 0 Å². The van der Waals surface area contributed by atoms with Crippen molar-refractivity contribution in [3.63, 3.8) is 0 Å². The van der Waals surface area contributed by atoms with Crippen molar-refractivity contribution in [3.05, 3.63) is 35.9 Å². The molecule has 0 bridgehead atoms. The van der Waals surface area contributed by atoms with Crippen molar-refractivity contribution in [2.45, 2.75) is 31.8 Å². The summed E-state index contributed by atoms with van der Waals surface area (Å²) in [6.45, 7) is 3.44. The van der Waals surface area contributed by atoms with E-state index in [1.54, 1.807) is 0 Å². The van der Waals surface area contributed by atoms with Crippen molar-refractivity contribution in [2.24, 2.45) is 0 Å². The van der Waals surface area contributed by atoms with E-state index in [4.69, 9.17) is 0 Å². The smallest absolute Gasteiger partial charge is 0.224 e. The monoisotopic (exact) mass is 325 g/mol. The maximum absolute atomic E-state index is 12.6. The topological polar surface area (TPSA) is 35.6 Å². The molecule has 22 heavy (non-hydrogen) atoms. The maximum atomic E-state index is 12.6. The summed E-state index contributed by atoms with van der Waals surface area (Å²) in [4.78, 5) is 16.7. The van der Waals surface area contributed by atoms with Crippen molar-refractivity contribution < 1.29 is 4.79 Å². The Kier molecular flexibility index (Phi) is 8.46. The Labute approximate surface area is 140 Å². The number of halogens is 1. The quantitative estimate of drug-likeness (QED) is 0.834. The Balaban J connectivity index is 0.00000242. The zero-order chi connectivity index (χ0) is 15.1. The Bertz CT molecular complexity index is 433. The van der Waals surface area contributed by atoms with E-state index in [0.29, 0.717) is 19.0 Å². The van der Waals surface area contributed by atoms with E-state index in [1.165, 1.54) is 12.0 Å². The standard InChI is InChI=1S/C17H27N3O.ClH/c1-19(2)11-12-20(14-15-7-4-3-5-8-15)17(21)13-16-9-6-10-18-16;/h3-5,7-8,16,18H,6,9-14H2,1-2H3;1H. The van der Waals surface area contributed by atoms with Crippen molar-refractivity contribution in [1.29, 1.82) is 0 Å². The van der Waals surface area contributed by atoms with Crippen LogP contribution in [0.15, 0.2) is 30.3 Å². The number of nitrogens with one attached hydrogen (secondary N) is 1. The summed E-state index contributed by atoms with van der Waals surface area (Å²) in [7, 11) is 4.09. The van der Waals surface area contributed by atoms with Crippen LogP contribution in [0.25, 0.3) is 0 Å². The Morgan fingerprint density at radius 1 is 1.23 bits per heavy atom. The highest BCUT2D eigenvalue weighted by Crippen LogP contribution is 2.12. The van der Waals surface area contributed by atoms with Crippen LogP contribution in [-0.2, 0) is 11.3 Å². The van der Waals surface area contributed by atoms with Gasteiger partial charge in [-0.3, -0.25) is 4.79 Å². The number of amides is 1. The van der Waals surface area contributed by atoms with Crippen LogP contribution in [0, 0.1) is 0 Å². The summed E-state index contributed by atoms with van der Waals surface area (Å²) in [6, 6.07) is 10.6. The maximum Gasteiger partial charge on any atom is 0.224 e. The molecule has 0 spiro atoms. The van der Waals surface area contributed by atoms with E-state index in [-0.39, 0.29) is 18.3 Å². The van der Waals surface area contributed by atoms with Gasteiger partial charge in [0.05, 0.1) is 0 Å². The van der Waals surface area contributed by atoms with Gasteiger partial charge in [-0.05, 0) is 39.0 Å². The molecule has 1 aromatic rings. The highest BCUT2D eigenvalue weighted by molar-refractivity contribution is 5.85. The summed E-state index contributed by atoms with van der Waals surface area (Å²) in [5, 5.41) is 3.41. The molecule has 1 fully saturated rings. The molecule has 1 aliphatic heterocycles. The largest absolute Gasteiger partial charge is 0.337 e. The normalized spacial score (nSPS) is 17.3. The zero-order valence-corrected chi connectivity index (χ0v) is 14.4. The highest BCUT2D eigenvalue weighted by atomic mass is 35.5. The molecule has 1 heterocycles. The molecule has 0 radical (unpaired) electrons. The van der Waals surface area contributed by atoms with Crippen LogP contribution >= 0.6 is 12.4 Å². The Morgan fingerprint density at radius 2 is 1.95 bits per heavy atom.